The van der Waals surface area contributed by atoms with Crippen LogP contribution in [-0.4, -0.2) is 26.2 Å². The molecule has 0 saturated heterocycles. The second kappa shape index (κ2) is 3.75. The Hall–Kier alpha value is -1.43. The van der Waals surface area contributed by atoms with Gasteiger partial charge in [0.25, 0.3) is 0 Å². The lowest BCUT2D eigenvalue weighted by atomic mass is 10.1. The molecule has 1 aromatic rings. The molecule has 78 valence electrons. The number of carbonyl (C=O) groups is 1. The third-order valence-electron chi connectivity index (χ3n) is 1.64. The molecule has 1 aromatic heterocycles. The number of nitrogens with two attached hydrogens (primary N) is 1. The molecule has 0 aliphatic carbocycles. The van der Waals surface area contributed by atoms with Crippen LogP contribution in [-0.2, 0) is 18.4 Å². The first-order chi connectivity index (χ1) is 6.39. The summed E-state index contributed by atoms with van der Waals surface area (Å²) in [4.78, 5) is 15.3. The molecular formula is C8H15N5O. The van der Waals surface area contributed by atoms with E-state index in [-0.39, 0.29) is 5.91 Å². The minimum Gasteiger partial charge on any atom is -0.347 e. The van der Waals surface area contributed by atoms with E-state index >= 15 is 0 Å². The van der Waals surface area contributed by atoms with Crippen molar-refractivity contribution in [1.82, 2.24) is 20.1 Å². The Morgan fingerprint density at radius 1 is 1.71 bits per heavy atom. The topological polar surface area (TPSA) is 85.8 Å². The highest BCUT2D eigenvalue weighted by Gasteiger charge is 2.21. The molecule has 0 radical (unpaired) electrons. The van der Waals surface area contributed by atoms with Gasteiger partial charge in [0.15, 0.2) is 5.82 Å². The number of nitrogens with zero attached hydrogens (tertiary/aromatic N) is 3. The number of carbonyl (C=O) groups excluding carboxylic acids is 1. The summed E-state index contributed by atoms with van der Waals surface area (Å²) in [5, 5.41) is 6.66. The molecule has 0 bridgehead atoms. The Morgan fingerprint density at radius 3 is 2.79 bits per heavy atom. The smallest absolute Gasteiger partial charge is 0.239 e. The Labute approximate surface area is 82.5 Å². The Morgan fingerprint density at radius 2 is 2.36 bits per heavy atom. The normalized spacial score (nSPS) is 11.4. The van der Waals surface area contributed by atoms with Crippen LogP contribution < -0.4 is 11.1 Å². The van der Waals surface area contributed by atoms with Crippen molar-refractivity contribution in [1.29, 1.82) is 0 Å². The number of rotatable bonds is 3. The van der Waals surface area contributed by atoms with E-state index < -0.39 is 5.54 Å². The van der Waals surface area contributed by atoms with Crippen LogP contribution in [0.15, 0.2) is 6.33 Å². The van der Waals surface area contributed by atoms with Crippen molar-refractivity contribution in [2.75, 3.05) is 0 Å². The van der Waals surface area contributed by atoms with Crippen molar-refractivity contribution in [3.05, 3.63) is 12.2 Å². The van der Waals surface area contributed by atoms with Crippen LogP contribution in [0.25, 0.3) is 0 Å². The number of aryl methyl sites for hydroxylation is 1. The van der Waals surface area contributed by atoms with E-state index in [1.54, 1.807) is 31.9 Å². The molecule has 0 spiro atoms. The first-order valence-electron chi connectivity index (χ1n) is 4.31. The van der Waals surface area contributed by atoms with Crippen molar-refractivity contribution in [2.24, 2.45) is 12.8 Å². The van der Waals surface area contributed by atoms with Gasteiger partial charge in [-0.15, -0.1) is 0 Å². The monoisotopic (exact) mass is 197 g/mol. The summed E-state index contributed by atoms with van der Waals surface area (Å²) in [5.41, 5.74) is 4.72. The van der Waals surface area contributed by atoms with Crippen LogP contribution in [0.5, 0.6) is 0 Å². The average molecular weight is 197 g/mol. The highest BCUT2D eigenvalue weighted by molar-refractivity contribution is 5.84. The molecule has 3 N–H and O–H groups in total. The van der Waals surface area contributed by atoms with Crippen LogP contribution in [0, 0.1) is 0 Å². The van der Waals surface area contributed by atoms with Gasteiger partial charge in [-0.2, -0.15) is 5.10 Å². The summed E-state index contributed by atoms with van der Waals surface area (Å²) in [6, 6.07) is 0. The van der Waals surface area contributed by atoms with Gasteiger partial charge in [-0.05, 0) is 13.8 Å². The van der Waals surface area contributed by atoms with E-state index in [0.29, 0.717) is 12.4 Å². The van der Waals surface area contributed by atoms with Crippen molar-refractivity contribution in [3.8, 4) is 0 Å². The Kier molecular flexibility index (Phi) is 2.85. The first-order valence-corrected chi connectivity index (χ1v) is 4.31. The predicted octanol–water partition coefficient (Wildman–Crippen LogP) is -0.831. The number of nitrogens with one attached hydrogen (secondary N) is 1. The van der Waals surface area contributed by atoms with Crippen molar-refractivity contribution >= 4 is 5.91 Å². The molecule has 1 heterocycles. The van der Waals surface area contributed by atoms with Gasteiger partial charge in [0.2, 0.25) is 5.91 Å². The third kappa shape index (κ3) is 2.81. The molecule has 0 unspecified atom stereocenters. The summed E-state index contributed by atoms with van der Waals surface area (Å²) in [5.74, 6) is 0.357. The molecule has 0 aromatic carbocycles. The number of aromatic nitrogens is 3. The van der Waals surface area contributed by atoms with Gasteiger partial charge in [0.05, 0.1) is 12.1 Å². The summed E-state index contributed by atoms with van der Waals surface area (Å²) < 4.78 is 1.58. The quantitative estimate of drug-likeness (QED) is 0.662. The van der Waals surface area contributed by atoms with Crippen LogP contribution >= 0.6 is 0 Å². The minimum absolute atomic E-state index is 0.218. The van der Waals surface area contributed by atoms with Crippen LogP contribution in [0.3, 0.4) is 0 Å². The highest BCUT2D eigenvalue weighted by atomic mass is 16.2. The van der Waals surface area contributed by atoms with Gasteiger partial charge in [-0.3, -0.25) is 9.48 Å². The summed E-state index contributed by atoms with van der Waals surface area (Å²) in [6.45, 7) is 3.60. The molecule has 0 fully saturated rings. The van der Waals surface area contributed by atoms with E-state index in [4.69, 9.17) is 5.73 Å². The van der Waals surface area contributed by atoms with E-state index in [1.165, 1.54) is 0 Å². The number of hydrogen-bond acceptors (Lipinski definition) is 4. The fraction of sp³-hybridized carbons (Fsp3) is 0.625. The largest absolute Gasteiger partial charge is 0.347 e. The second-order valence-electron chi connectivity index (χ2n) is 3.74. The summed E-state index contributed by atoms with van der Waals surface area (Å²) in [6.07, 6.45) is 1.58. The molecule has 14 heavy (non-hydrogen) atoms. The Bertz CT molecular complexity index is 325. The van der Waals surface area contributed by atoms with Crippen molar-refractivity contribution in [3.63, 3.8) is 0 Å². The maximum absolute atomic E-state index is 11.3. The van der Waals surface area contributed by atoms with Gasteiger partial charge in [0, 0.05) is 7.05 Å². The summed E-state index contributed by atoms with van der Waals surface area (Å²) in [7, 11) is 1.77. The third-order valence-corrected chi connectivity index (χ3v) is 1.64. The van der Waals surface area contributed by atoms with Crippen LogP contribution in [0.1, 0.15) is 19.7 Å². The molecule has 1 amide bonds. The Balaban J connectivity index is 2.46. The molecule has 6 heteroatoms. The van der Waals surface area contributed by atoms with E-state index in [2.05, 4.69) is 15.4 Å². The van der Waals surface area contributed by atoms with Gasteiger partial charge >= 0.3 is 0 Å². The van der Waals surface area contributed by atoms with Crippen molar-refractivity contribution in [2.45, 2.75) is 25.9 Å². The molecule has 0 atom stereocenters. The average Bonchev–Trinajstić information content (AvgIpc) is 2.45. The standard InChI is InChI=1S/C8H15N5O/c1-8(2,9)7(14)10-4-6-11-5-13(3)12-6/h5H,4,9H2,1-3H3,(H,10,14). The molecule has 0 aliphatic heterocycles. The zero-order chi connectivity index (χ0) is 10.8. The molecule has 0 aliphatic rings. The lowest BCUT2D eigenvalue weighted by Gasteiger charge is -2.16. The van der Waals surface area contributed by atoms with Gasteiger partial charge in [-0.1, -0.05) is 0 Å². The number of hydrogen-bond donors (Lipinski definition) is 2. The van der Waals surface area contributed by atoms with E-state index in [1.807, 2.05) is 0 Å². The first kappa shape index (κ1) is 10.6. The fourth-order valence-electron chi connectivity index (χ4n) is 0.852. The van der Waals surface area contributed by atoms with Gasteiger partial charge in [-0.25, -0.2) is 4.98 Å². The summed E-state index contributed by atoms with van der Waals surface area (Å²) >= 11 is 0. The lowest BCUT2D eigenvalue weighted by Crippen LogP contribution is -2.48. The zero-order valence-electron chi connectivity index (χ0n) is 8.61. The van der Waals surface area contributed by atoms with Gasteiger partial charge < -0.3 is 11.1 Å². The van der Waals surface area contributed by atoms with E-state index in [9.17, 15) is 4.79 Å². The maximum Gasteiger partial charge on any atom is 0.239 e. The molecular weight excluding hydrogens is 182 g/mol. The predicted molar refractivity (Wildman–Crippen MR) is 51.1 cm³/mol. The highest BCUT2D eigenvalue weighted by Crippen LogP contribution is 1.96. The van der Waals surface area contributed by atoms with Gasteiger partial charge in [0.1, 0.15) is 6.33 Å². The molecule has 6 nitrogen and oxygen atoms in total. The zero-order valence-corrected chi connectivity index (χ0v) is 8.61. The second-order valence-corrected chi connectivity index (χ2v) is 3.74. The maximum atomic E-state index is 11.3. The lowest BCUT2D eigenvalue weighted by molar-refractivity contribution is -0.125. The number of amides is 1. The SMILES string of the molecule is Cn1cnc(CNC(=O)C(C)(C)N)n1. The molecule has 1 rings (SSSR count). The molecule has 0 saturated carbocycles. The minimum atomic E-state index is -0.866. The fourth-order valence-corrected chi connectivity index (χ4v) is 0.852. The van der Waals surface area contributed by atoms with Crippen LogP contribution in [0.2, 0.25) is 0 Å². The van der Waals surface area contributed by atoms with Crippen LogP contribution in [0.4, 0.5) is 0 Å². The van der Waals surface area contributed by atoms with Crippen molar-refractivity contribution < 1.29 is 4.79 Å². The van der Waals surface area contributed by atoms with E-state index in [0.717, 1.165) is 0 Å².